The molecule has 0 unspecified atom stereocenters. The fourth-order valence-electron chi connectivity index (χ4n) is 2.05. The van der Waals surface area contributed by atoms with Gasteiger partial charge in [-0.1, -0.05) is 39.7 Å². The van der Waals surface area contributed by atoms with Gasteiger partial charge in [0, 0.05) is 15.2 Å². The molecular formula is C17H20BrClN2OS. The van der Waals surface area contributed by atoms with Crippen LogP contribution in [0.3, 0.4) is 0 Å². The summed E-state index contributed by atoms with van der Waals surface area (Å²) in [6.07, 6.45) is 0. The van der Waals surface area contributed by atoms with Gasteiger partial charge in [0.2, 0.25) is 0 Å². The third kappa shape index (κ3) is 4.80. The molecule has 0 spiro atoms. The number of halogens is 2. The summed E-state index contributed by atoms with van der Waals surface area (Å²) in [7, 11) is -1.24. The molecule has 0 fully saturated rings. The van der Waals surface area contributed by atoms with E-state index in [4.69, 9.17) is 17.3 Å². The van der Waals surface area contributed by atoms with E-state index in [0.717, 1.165) is 15.6 Å². The Balaban J connectivity index is 2.49. The average molecular weight is 416 g/mol. The van der Waals surface area contributed by atoms with E-state index >= 15 is 0 Å². The molecule has 2 aromatic rings. The van der Waals surface area contributed by atoms with E-state index in [2.05, 4.69) is 20.7 Å². The van der Waals surface area contributed by atoms with Gasteiger partial charge in [-0.3, -0.25) is 0 Å². The molecule has 0 bridgehead atoms. The summed E-state index contributed by atoms with van der Waals surface area (Å²) in [4.78, 5) is 0. The fraction of sp³-hybridized carbons (Fsp3) is 0.294. The highest BCUT2D eigenvalue weighted by Gasteiger charge is 2.25. The summed E-state index contributed by atoms with van der Waals surface area (Å²) in [6, 6.07) is 12.9. The molecule has 0 heterocycles. The number of nitrogens with one attached hydrogen (secondary N) is 1. The SMILES string of the molecule is CC(C)(C)[S@](=O)N[C@@H](c1ccc(Cl)cc1)c1cc(Br)ccc1N. The van der Waals surface area contributed by atoms with Crippen LogP contribution in [0.15, 0.2) is 46.9 Å². The van der Waals surface area contributed by atoms with Gasteiger partial charge in [0.05, 0.1) is 21.8 Å². The topological polar surface area (TPSA) is 55.1 Å². The van der Waals surface area contributed by atoms with Gasteiger partial charge in [-0.25, -0.2) is 8.93 Å². The molecule has 2 aromatic carbocycles. The Kier molecular flexibility index (Phi) is 5.89. The van der Waals surface area contributed by atoms with E-state index in [-0.39, 0.29) is 10.8 Å². The van der Waals surface area contributed by atoms with Crippen LogP contribution < -0.4 is 10.5 Å². The van der Waals surface area contributed by atoms with Crippen molar-refractivity contribution in [3.05, 3.63) is 63.1 Å². The number of rotatable bonds is 4. The zero-order chi connectivity index (χ0) is 17.2. The van der Waals surface area contributed by atoms with Crippen LogP contribution in [0.4, 0.5) is 5.69 Å². The number of hydrogen-bond donors (Lipinski definition) is 2. The van der Waals surface area contributed by atoms with Crippen LogP contribution in [-0.4, -0.2) is 8.96 Å². The molecule has 0 aliphatic rings. The van der Waals surface area contributed by atoms with Crippen molar-refractivity contribution in [3.63, 3.8) is 0 Å². The molecule has 0 aliphatic heterocycles. The quantitative estimate of drug-likeness (QED) is 0.703. The van der Waals surface area contributed by atoms with Crippen LogP contribution in [0.25, 0.3) is 0 Å². The van der Waals surface area contributed by atoms with Crippen LogP contribution in [0.2, 0.25) is 5.02 Å². The number of nitrogens with two attached hydrogens (primary N) is 1. The van der Waals surface area contributed by atoms with Crippen LogP contribution >= 0.6 is 27.5 Å². The van der Waals surface area contributed by atoms with Crippen molar-refractivity contribution >= 4 is 44.2 Å². The normalized spacial score (nSPS) is 14.5. The van der Waals surface area contributed by atoms with E-state index in [1.807, 2.05) is 63.2 Å². The van der Waals surface area contributed by atoms with Crippen LogP contribution in [-0.2, 0) is 11.0 Å². The molecule has 6 heteroatoms. The van der Waals surface area contributed by atoms with E-state index in [0.29, 0.717) is 10.7 Å². The Bertz CT molecular complexity index is 714. The van der Waals surface area contributed by atoms with Crippen molar-refractivity contribution in [1.29, 1.82) is 0 Å². The van der Waals surface area contributed by atoms with Gasteiger partial charge in [0.15, 0.2) is 0 Å². The van der Waals surface area contributed by atoms with Crippen molar-refractivity contribution in [3.8, 4) is 0 Å². The minimum Gasteiger partial charge on any atom is -0.398 e. The molecule has 2 atom stereocenters. The minimum atomic E-state index is -1.24. The highest BCUT2D eigenvalue weighted by molar-refractivity contribution is 9.10. The Morgan fingerprint density at radius 2 is 1.78 bits per heavy atom. The molecule has 0 aromatic heterocycles. The lowest BCUT2D eigenvalue weighted by molar-refractivity contribution is 0.624. The molecule has 2 rings (SSSR count). The van der Waals surface area contributed by atoms with Crippen LogP contribution in [0.5, 0.6) is 0 Å². The molecule has 23 heavy (non-hydrogen) atoms. The maximum Gasteiger partial charge on any atom is 0.0979 e. The minimum absolute atomic E-state index is 0.287. The van der Waals surface area contributed by atoms with Gasteiger partial charge in [0.1, 0.15) is 0 Å². The standard InChI is InChI=1S/C17H20BrClN2OS/c1-17(2,3)23(22)21-16(11-4-7-13(19)8-5-11)14-10-12(18)6-9-15(14)20/h4-10,16,21H,20H2,1-3H3/t16-,23-/m0/s1. The summed E-state index contributed by atoms with van der Waals surface area (Å²) in [5, 5.41) is 0.659. The van der Waals surface area contributed by atoms with Gasteiger partial charge in [-0.15, -0.1) is 0 Å². The number of hydrogen-bond acceptors (Lipinski definition) is 2. The molecule has 0 saturated heterocycles. The monoisotopic (exact) mass is 414 g/mol. The largest absolute Gasteiger partial charge is 0.398 e. The van der Waals surface area contributed by atoms with Crippen LogP contribution in [0.1, 0.15) is 37.9 Å². The second-order valence-electron chi connectivity index (χ2n) is 6.26. The van der Waals surface area contributed by atoms with E-state index in [9.17, 15) is 4.21 Å². The Hall–Kier alpha value is -0.880. The summed E-state index contributed by atoms with van der Waals surface area (Å²) >= 11 is 9.46. The Morgan fingerprint density at radius 3 is 2.35 bits per heavy atom. The van der Waals surface area contributed by atoms with Gasteiger partial charge in [-0.05, 0) is 62.2 Å². The van der Waals surface area contributed by atoms with Crippen molar-refractivity contribution in [1.82, 2.24) is 4.72 Å². The molecule has 0 radical (unpaired) electrons. The van der Waals surface area contributed by atoms with Crippen molar-refractivity contribution < 1.29 is 4.21 Å². The predicted octanol–water partition coefficient (Wildman–Crippen LogP) is 4.83. The summed E-state index contributed by atoms with van der Waals surface area (Å²) in [5.41, 5.74) is 8.63. The molecule has 0 aliphatic carbocycles. The number of anilines is 1. The Morgan fingerprint density at radius 1 is 1.17 bits per heavy atom. The lowest BCUT2D eigenvalue weighted by Crippen LogP contribution is -2.36. The third-order valence-corrected chi connectivity index (χ3v) is 5.65. The summed E-state index contributed by atoms with van der Waals surface area (Å²) < 4.78 is 16.3. The zero-order valence-corrected chi connectivity index (χ0v) is 16.4. The van der Waals surface area contributed by atoms with Crippen LogP contribution in [0, 0.1) is 0 Å². The third-order valence-electron chi connectivity index (χ3n) is 3.34. The zero-order valence-electron chi connectivity index (χ0n) is 13.3. The second-order valence-corrected chi connectivity index (χ2v) is 9.61. The smallest absolute Gasteiger partial charge is 0.0979 e. The van der Waals surface area contributed by atoms with Crippen molar-refractivity contribution in [2.24, 2.45) is 0 Å². The molecule has 0 saturated carbocycles. The predicted molar refractivity (Wildman–Crippen MR) is 103 cm³/mol. The molecule has 3 N–H and O–H groups in total. The fourth-order valence-corrected chi connectivity index (χ4v) is 3.38. The van der Waals surface area contributed by atoms with E-state index in [1.54, 1.807) is 0 Å². The maximum atomic E-state index is 12.6. The first-order valence-electron chi connectivity index (χ1n) is 7.17. The lowest BCUT2D eigenvalue weighted by Gasteiger charge is -2.26. The van der Waals surface area contributed by atoms with Crippen molar-refractivity contribution in [2.45, 2.75) is 31.6 Å². The highest BCUT2D eigenvalue weighted by Crippen LogP contribution is 2.31. The first-order chi connectivity index (χ1) is 10.7. The van der Waals surface area contributed by atoms with E-state index in [1.165, 1.54) is 0 Å². The van der Waals surface area contributed by atoms with Crippen molar-refractivity contribution in [2.75, 3.05) is 5.73 Å². The molecule has 124 valence electrons. The number of benzene rings is 2. The van der Waals surface area contributed by atoms with Gasteiger partial charge < -0.3 is 5.73 Å². The van der Waals surface area contributed by atoms with E-state index < -0.39 is 11.0 Å². The molecule has 0 amide bonds. The number of nitrogen functional groups attached to an aromatic ring is 1. The molecular weight excluding hydrogens is 396 g/mol. The highest BCUT2D eigenvalue weighted by atomic mass is 79.9. The molecule has 3 nitrogen and oxygen atoms in total. The summed E-state index contributed by atoms with van der Waals surface area (Å²) in [6.45, 7) is 5.79. The van der Waals surface area contributed by atoms with Gasteiger partial charge in [0.25, 0.3) is 0 Å². The summed E-state index contributed by atoms with van der Waals surface area (Å²) in [5.74, 6) is 0. The van der Waals surface area contributed by atoms with Gasteiger partial charge >= 0.3 is 0 Å². The first kappa shape index (κ1) is 18.5. The average Bonchev–Trinajstić information content (AvgIpc) is 2.47. The Labute approximate surface area is 153 Å². The lowest BCUT2D eigenvalue weighted by atomic mass is 9.98. The van der Waals surface area contributed by atoms with Gasteiger partial charge in [-0.2, -0.15) is 0 Å². The first-order valence-corrected chi connectivity index (χ1v) is 9.49. The second kappa shape index (κ2) is 7.34. The maximum absolute atomic E-state index is 12.6.